The van der Waals surface area contributed by atoms with Gasteiger partial charge in [0, 0.05) is 37.4 Å². The first-order valence-corrected chi connectivity index (χ1v) is 13.3. The van der Waals surface area contributed by atoms with Gasteiger partial charge < -0.3 is 14.5 Å². The summed E-state index contributed by atoms with van der Waals surface area (Å²) in [5.74, 6) is -0.512. The minimum absolute atomic E-state index is 0.145. The van der Waals surface area contributed by atoms with Crippen molar-refractivity contribution in [3.8, 4) is 5.75 Å². The highest BCUT2D eigenvalue weighted by Gasteiger charge is 2.22. The predicted octanol–water partition coefficient (Wildman–Crippen LogP) is 3.66. The number of halogens is 2. The molecule has 0 saturated carbocycles. The Morgan fingerprint density at radius 3 is 2.17 bits per heavy atom. The summed E-state index contributed by atoms with van der Waals surface area (Å²) in [6.45, 7) is 2.02. The largest absolute Gasteiger partial charge is 0.484 e. The molecule has 1 aliphatic rings. The maximum atomic E-state index is 14.1. The summed E-state index contributed by atoms with van der Waals surface area (Å²) < 4.78 is 58.7. The molecule has 0 radical (unpaired) electrons. The second-order valence-corrected chi connectivity index (χ2v) is 10.4. The van der Waals surface area contributed by atoms with E-state index in [-0.39, 0.29) is 30.4 Å². The molecule has 0 unspecified atom stereocenters. The van der Waals surface area contributed by atoms with Crippen molar-refractivity contribution in [3.05, 3.63) is 90.0 Å². The average molecular weight is 516 g/mol. The second kappa shape index (κ2) is 10.9. The standard InChI is InChI=1S/C26H27F2N3O4S/c1-36(33,34)31(18-20-4-2-3-5-25(20)28)23-10-12-24(13-11-23)35-19-26(32)30-16-14-29(15-17-30)22-8-6-21(27)7-9-22/h2-13H,14-19H2,1H3. The fraction of sp³-hybridized carbons (Fsp3) is 0.269. The Labute approximate surface area is 209 Å². The van der Waals surface area contributed by atoms with Gasteiger partial charge in [0.2, 0.25) is 10.0 Å². The fourth-order valence-electron chi connectivity index (χ4n) is 3.99. The van der Waals surface area contributed by atoms with Crippen molar-refractivity contribution in [1.82, 2.24) is 4.90 Å². The van der Waals surface area contributed by atoms with Crippen molar-refractivity contribution in [3.63, 3.8) is 0 Å². The summed E-state index contributed by atoms with van der Waals surface area (Å²) in [6, 6.07) is 18.6. The first-order chi connectivity index (χ1) is 17.2. The minimum Gasteiger partial charge on any atom is -0.484 e. The summed E-state index contributed by atoms with van der Waals surface area (Å²) >= 11 is 0. The molecule has 4 rings (SSSR count). The van der Waals surface area contributed by atoms with Gasteiger partial charge in [-0.25, -0.2) is 17.2 Å². The van der Waals surface area contributed by atoms with Crippen LogP contribution in [0.3, 0.4) is 0 Å². The Morgan fingerprint density at radius 1 is 0.917 bits per heavy atom. The Kier molecular flexibility index (Phi) is 7.73. The Balaban J connectivity index is 1.32. The maximum Gasteiger partial charge on any atom is 0.260 e. The lowest BCUT2D eigenvalue weighted by Gasteiger charge is -2.36. The predicted molar refractivity (Wildman–Crippen MR) is 135 cm³/mol. The van der Waals surface area contributed by atoms with E-state index in [9.17, 15) is 22.0 Å². The van der Waals surface area contributed by atoms with E-state index in [0.717, 1.165) is 16.2 Å². The van der Waals surface area contributed by atoms with Crippen LogP contribution in [0.15, 0.2) is 72.8 Å². The molecular formula is C26H27F2N3O4S. The van der Waals surface area contributed by atoms with Crippen molar-refractivity contribution in [1.29, 1.82) is 0 Å². The summed E-state index contributed by atoms with van der Waals surface area (Å²) in [6.07, 6.45) is 1.06. The Hall–Kier alpha value is -3.66. The van der Waals surface area contributed by atoms with Crippen LogP contribution in [0, 0.1) is 11.6 Å². The number of carbonyl (C=O) groups excluding carboxylic acids is 1. The molecule has 0 spiro atoms. The summed E-state index contributed by atoms with van der Waals surface area (Å²) in [5, 5.41) is 0. The third-order valence-corrected chi connectivity index (χ3v) is 7.12. The number of ether oxygens (including phenoxy) is 1. The molecular weight excluding hydrogens is 488 g/mol. The fourth-order valence-corrected chi connectivity index (χ4v) is 4.87. The van der Waals surface area contributed by atoms with Gasteiger partial charge >= 0.3 is 0 Å². The molecule has 3 aromatic carbocycles. The lowest BCUT2D eigenvalue weighted by atomic mass is 10.2. The number of carbonyl (C=O) groups is 1. The van der Waals surface area contributed by atoms with Crippen molar-refractivity contribution < 1.29 is 26.7 Å². The maximum absolute atomic E-state index is 14.1. The number of nitrogens with zero attached hydrogens (tertiary/aromatic N) is 3. The van der Waals surface area contributed by atoms with E-state index in [2.05, 4.69) is 4.90 Å². The molecule has 1 amide bonds. The van der Waals surface area contributed by atoms with Gasteiger partial charge in [0.15, 0.2) is 6.61 Å². The quantitative estimate of drug-likeness (QED) is 0.458. The van der Waals surface area contributed by atoms with Gasteiger partial charge in [-0.3, -0.25) is 9.10 Å². The number of rotatable bonds is 8. The van der Waals surface area contributed by atoms with Crippen LogP contribution in [0.4, 0.5) is 20.2 Å². The number of hydrogen-bond acceptors (Lipinski definition) is 5. The summed E-state index contributed by atoms with van der Waals surface area (Å²) in [5.41, 5.74) is 1.53. The molecule has 190 valence electrons. The molecule has 0 aliphatic carbocycles. The SMILES string of the molecule is CS(=O)(=O)N(Cc1ccccc1F)c1ccc(OCC(=O)N2CCN(c3ccc(F)cc3)CC2)cc1. The van der Waals surface area contributed by atoms with Gasteiger partial charge in [0.25, 0.3) is 5.91 Å². The first kappa shape index (κ1) is 25.4. The highest BCUT2D eigenvalue weighted by molar-refractivity contribution is 7.92. The number of amides is 1. The van der Waals surface area contributed by atoms with Gasteiger partial charge in [-0.1, -0.05) is 18.2 Å². The highest BCUT2D eigenvalue weighted by atomic mass is 32.2. The molecule has 7 nitrogen and oxygen atoms in total. The molecule has 0 bridgehead atoms. The zero-order chi connectivity index (χ0) is 25.7. The van der Waals surface area contributed by atoms with Crippen LogP contribution in [-0.2, 0) is 21.4 Å². The zero-order valence-corrected chi connectivity index (χ0v) is 20.6. The number of anilines is 2. The van der Waals surface area contributed by atoms with Crippen molar-refractivity contribution >= 4 is 27.3 Å². The summed E-state index contributed by atoms with van der Waals surface area (Å²) in [4.78, 5) is 16.4. The van der Waals surface area contributed by atoms with Gasteiger partial charge in [0.1, 0.15) is 17.4 Å². The Morgan fingerprint density at radius 2 is 1.56 bits per heavy atom. The van der Waals surface area contributed by atoms with Crippen LogP contribution < -0.4 is 13.9 Å². The molecule has 0 aromatic heterocycles. The van der Waals surface area contributed by atoms with Crippen LogP contribution in [0.25, 0.3) is 0 Å². The number of hydrogen-bond donors (Lipinski definition) is 0. The second-order valence-electron chi connectivity index (χ2n) is 8.49. The van der Waals surface area contributed by atoms with E-state index >= 15 is 0 Å². The number of sulfonamides is 1. The molecule has 10 heteroatoms. The topological polar surface area (TPSA) is 70.2 Å². The normalized spacial score (nSPS) is 14.0. The third kappa shape index (κ3) is 6.31. The average Bonchev–Trinajstić information content (AvgIpc) is 2.87. The molecule has 0 N–H and O–H groups in total. The third-order valence-electron chi connectivity index (χ3n) is 5.98. The van der Waals surface area contributed by atoms with E-state index < -0.39 is 15.8 Å². The molecule has 36 heavy (non-hydrogen) atoms. The smallest absolute Gasteiger partial charge is 0.260 e. The van der Waals surface area contributed by atoms with Gasteiger partial charge in [-0.2, -0.15) is 0 Å². The van der Waals surface area contributed by atoms with Gasteiger partial charge in [-0.05, 0) is 54.6 Å². The van der Waals surface area contributed by atoms with E-state index in [1.807, 2.05) is 0 Å². The van der Waals surface area contributed by atoms with Gasteiger partial charge in [0.05, 0.1) is 18.5 Å². The van der Waals surface area contributed by atoms with Crippen LogP contribution in [0.1, 0.15) is 5.56 Å². The Bertz CT molecular complexity index is 1290. The van der Waals surface area contributed by atoms with Crippen LogP contribution in [0.2, 0.25) is 0 Å². The highest BCUT2D eigenvalue weighted by Crippen LogP contribution is 2.25. The van der Waals surface area contributed by atoms with Crippen molar-refractivity contribution in [2.24, 2.45) is 0 Å². The van der Waals surface area contributed by atoms with E-state index in [1.165, 1.54) is 24.3 Å². The van der Waals surface area contributed by atoms with E-state index in [1.54, 1.807) is 53.4 Å². The molecule has 1 aliphatic heterocycles. The van der Waals surface area contributed by atoms with Gasteiger partial charge in [-0.15, -0.1) is 0 Å². The molecule has 1 fully saturated rings. The monoisotopic (exact) mass is 515 g/mol. The molecule has 3 aromatic rings. The van der Waals surface area contributed by atoms with Crippen molar-refractivity contribution in [2.45, 2.75) is 6.54 Å². The van der Waals surface area contributed by atoms with Crippen molar-refractivity contribution in [2.75, 3.05) is 48.2 Å². The molecule has 0 atom stereocenters. The lowest BCUT2D eigenvalue weighted by Crippen LogP contribution is -2.50. The first-order valence-electron chi connectivity index (χ1n) is 11.4. The van der Waals surface area contributed by atoms with Crippen LogP contribution >= 0.6 is 0 Å². The van der Waals surface area contributed by atoms with Crippen LogP contribution in [-0.4, -0.2) is 58.3 Å². The van der Waals surface area contributed by atoms with E-state index in [0.29, 0.717) is 37.6 Å². The lowest BCUT2D eigenvalue weighted by molar-refractivity contribution is -0.133. The number of piperazine rings is 1. The molecule has 1 saturated heterocycles. The van der Waals surface area contributed by atoms with Crippen LogP contribution in [0.5, 0.6) is 5.75 Å². The minimum atomic E-state index is -3.67. The van der Waals surface area contributed by atoms with E-state index in [4.69, 9.17) is 4.74 Å². The zero-order valence-electron chi connectivity index (χ0n) is 19.8. The molecule has 1 heterocycles. The number of benzene rings is 3. The summed E-state index contributed by atoms with van der Waals surface area (Å²) in [7, 11) is -3.67.